The highest BCUT2D eigenvalue weighted by Gasteiger charge is 2.41. The summed E-state index contributed by atoms with van der Waals surface area (Å²) >= 11 is 6.09. The number of hydrogen-bond donors (Lipinski definition) is 1. The second-order valence-corrected chi connectivity index (χ2v) is 6.76. The number of carbonyl (C=O) groups is 3. The van der Waals surface area contributed by atoms with Gasteiger partial charge in [-0.15, -0.1) is 0 Å². The molecule has 7 nitrogen and oxygen atoms in total. The molecule has 0 unspecified atom stereocenters. The number of imide groups is 2. The van der Waals surface area contributed by atoms with Gasteiger partial charge in [0.15, 0.2) is 5.92 Å². The van der Waals surface area contributed by atoms with Crippen LogP contribution in [0.5, 0.6) is 0 Å². The van der Waals surface area contributed by atoms with Crippen molar-refractivity contribution < 1.29 is 14.4 Å². The average molecular weight is 377 g/mol. The van der Waals surface area contributed by atoms with Gasteiger partial charge >= 0.3 is 6.03 Å². The number of piperidine rings is 1. The molecule has 2 saturated heterocycles. The lowest BCUT2D eigenvalue weighted by atomic mass is 10.1. The van der Waals surface area contributed by atoms with Crippen molar-refractivity contribution in [3.05, 3.63) is 29.3 Å². The first-order valence-corrected chi connectivity index (χ1v) is 9.11. The number of nitrogens with zero attached hydrogens (tertiary/aromatic N) is 3. The molecule has 0 aliphatic carbocycles. The second-order valence-electron chi connectivity index (χ2n) is 6.35. The number of likely N-dealkylation sites (tertiary alicyclic amines) is 1. The van der Waals surface area contributed by atoms with Gasteiger partial charge in [-0.25, -0.2) is 9.69 Å². The van der Waals surface area contributed by atoms with E-state index in [1.165, 1.54) is 25.5 Å². The van der Waals surface area contributed by atoms with Crippen LogP contribution in [0.4, 0.5) is 10.5 Å². The third kappa shape index (κ3) is 4.11. The van der Waals surface area contributed by atoms with E-state index in [9.17, 15) is 14.4 Å². The van der Waals surface area contributed by atoms with Crippen LogP contribution < -0.4 is 10.2 Å². The van der Waals surface area contributed by atoms with Crippen molar-refractivity contribution in [2.75, 3.05) is 31.1 Å². The van der Waals surface area contributed by atoms with Crippen LogP contribution in [0.1, 0.15) is 19.3 Å². The summed E-state index contributed by atoms with van der Waals surface area (Å²) in [6.07, 6.45) is 4.99. The normalized spacial score (nSPS) is 22.1. The number of halogens is 1. The molecule has 4 amide bonds. The van der Waals surface area contributed by atoms with Crippen LogP contribution in [-0.4, -0.2) is 55.1 Å². The first-order chi connectivity index (χ1) is 12.6. The third-order valence-corrected chi connectivity index (χ3v) is 4.86. The number of urea groups is 1. The molecule has 0 spiro atoms. The Hall–Kier alpha value is -2.25. The van der Waals surface area contributed by atoms with Crippen molar-refractivity contribution in [2.24, 2.45) is 10.9 Å². The van der Waals surface area contributed by atoms with Gasteiger partial charge in [0.2, 0.25) is 5.91 Å². The fraction of sp³-hybridized carbons (Fsp3) is 0.444. The number of anilines is 1. The molecule has 0 saturated carbocycles. The predicted molar refractivity (Wildman–Crippen MR) is 99.6 cm³/mol. The zero-order chi connectivity index (χ0) is 18.5. The summed E-state index contributed by atoms with van der Waals surface area (Å²) in [5, 5.41) is 2.45. The molecule has 0 bridgehead atoms. The third-order valence-electron chi connectivity index (χ3n) is 4.54. The number of amides is 4. The van der Waals surface area contributed by atoms with Gasteiger partial charge in [0.25, 0.3) is 5.91 Å². The monoisotopic (exact) mass is 376 g/mol. The van der Waals surface area contributed by atoms with Crippen LogP contribution in [0, 0.1) is 5.92 Å². The molecule has 2 aliphatic rings. The van der Waals surface area contributed by atoms with Gasteiger partial charge in [0.1, 0.15) is 0 Å². The van der Waals surface area contributed by atoms with E-state index in [0.29, 0.717) is 6.54 Å². The molecule has 26 heavy (non-hydrogen) atoms. The van der Waals surface area contributed by atoms with Gasteiger partial charge in [-0.3, -0.25) is 19.9 Å². The minimum Gasteiger partial charge on any atom is -0.302 e. The van der Waals surface area contributed by atoms with Gasteiger partial charge in [-0.05, 0) is 38.1 Å². The molecule has 138 valence electrons. The SMILES string of the molecule is O=C1NC(=O)N(c2ccccc2Cl)C(=O)[C@H]1C=NCCN1CCCCC1. The van der Waals surface area contributed by atoms with Gasteiger partial charge in [0.05, 0.1) is 17.3 Å². The van der Waals surface area contributed by atoms with E-state index >= 15 is 0 Å². The number of rotatable bonds is 5. The Labute approximate surface area is 157 Å². The summed E-state index contributed by atoms with van der Waals surface area (Å²) < 4.78 is 0. The van der Waals surface area contributed by atoms with Crippen LogP contribution >= 0.6 is 11.6 Å². The Bertz CT molecular complexity index is 731. The summed E-state index contributed by atoms with van der Waals surface area (Å²) in [6, 6.07) is 5.70. The number of barbiturate groups is 1. The highest BCUT2D eigenvalue weighted by molar-refractivity contribution is 6.38. The van der Waals surface area contributed by atoms with Crippen LogP contribution in [0.15, 0.2) is 29.3 Å². The number of aliphatic imine (C=N–C) groups is 1. The lowest BCUT2D eigenvalue weighted by Gasteiger charge is -2.29. The van der Waals surface area contributed by atoms with E-state index in [1.54, 1.807) is 24.3 Å². The Morgan fingerprint density at radius 1 is 1.15 bits per heavy atom. The minimum absolute atomic E-state index is 0.246. The van der Waals surface area contributed by atoms with Gasteiger partial charge in [0, 0.05) is 12.8 Å². The first-order valence-electron chi connectivity index (χ1n) is 8.73. The summed E-state index contributed by atoms with van der Waals surface area (Å²) in [5.41, 5.74) is 0.246. The molecule has 1 N–H and O–H groups in total. The quantitative estimate of drug-likeness (QED) is 0.630. The van der Waals surface area contributed by atoms with E-state index in [4.69, 9.17) is 11.6 Å². The maximum Gasteiger partial charge on any atom is 0.335 e. The summed E-state index contributed by atoms with van der Waals surface area (Å²) in [5.74, 6) is -2.44. The molecular formula is C18H21ClN4O3. The molecule has 1 aromatic rings. The van der Waals surface area contributed by atoms with Crippen LogP contribution in [-0.2, 0) is 9.59 Å². The van der Waals surface area contributed by atoms with Crippen LogP contribution in [0.2, 0.25) is 5.02 Å². The fourth-order valence-electron chi connectivity index (χ4n) is 3.15. The van der Waals surface area contributed by atoms with E-state index < -0.39 is 23.8 Å². The Balaban J connectivity index is 1.67. The molecular weight excluding hydrogens is 356 g/mol. The smallest absolute Gasteiger partial charge is 0.302 e. The van der Waals surface area contributed by atoms with E-state index in [1.807, 2.05) is 0 Å². The van der Waals surface area contributed by atoms with Gasteiger partial charge in [-0.2, -0.15) is 0 Å². The molecule has 2 heterocycles. The van der Waals surface area contributed by atoms with E-state index in [0.717, 1.165) is 24.5 Å². The van der Waals surface area contributed by atoms with Crippen LogP contribution in [0.25, 0.3) is 0 Å². The zero-order valence-electron chi connectivity index (χ0n) is 14.4. The molecule has 1 aromatic carbocycles. The van der Waals surface area contributed by atoms with Crippen molar-refractivity contribution in [1.82, 2.24) is 10.2 Å². The predicted octanol–water partition coefficient (Wildman–Crippen LogP) is 2.10. The average Bonchev–Trinajstić information content (AvgIpc) is 2.63. The Kier molecular flexibility index (Phi) is 6.00. The lowest BCUT2D eigenvalue weighted by Crippen LogP contribution is -2.58. The number of carbonyl (C=O) groups excluding carboxylic acids is 3. The molecule has 2 fully saturated rings. The van der Waals surface area contributed by atoms with Crippen molar-refractivity contribution in [3.8, 4) is 0 Å². The zero-order valence-corrected chi connectivity index (χ0v) is 15.1. The fourth-order valence-corrected chi connectivity index (χ4v) is 3.37. The molecule has 1 atom stereocenters. The molecule has 0 aromatic heterocycles. The van der Waals surface area contributed by atoms with Crippen molar-refractivity contribution >= 4 is 41.3 Å². The minimum atomic E-state index is -1.13. The lowest BCUT2D eigenvalue weighted by molar-refractivity contribution is -0.131. The molecule has 3 rings (SSSR count). The van der Waals surface area contributed by atoms with Gasteiger partial charge in [-0.1, -0.05) is 30.2 Å². The van der Waals surface area contributed by atoms with Crippen LogP contribution in [0.3, 0.4) is 0 Å². The van der Waals surface area contributed by atoms with E-state index in [2.05, 4.69) is 15.2 Å². The number of para-hydroxylation sites is 1. The van der Waals surface area contributed by atoms with Crippen molar-refractivity contribution in [2.45, 2.75) is 19.3 Å². The highest BCUT2D eigenvalue weighted by atomic mass is 35.5. The Morgan fingerprint density at radius 3 is 2.62 bits per heavy atom. The molecule has 8 heteroatoms. The second kappa shape index (κ2) is 8.42. The largest absolute Gasteiger partial charge is 0.335 e. The standard InChI is InChI=1S/C18H21ClN4O3/c19-14-6-2-3-7-15(14)23-17(25)13(16(24)21-18(23)26)12-20-8-11-22-9-4-1-5-10-22/h2-3,6-7,12-13H,1,4-5,8-11H2,(H,21,24,26)/t13-/m0/s1. The van der Waals surface area contributed by atoms with E-state index in [-0.39, 0.29) is 10.7 Å². The van der Waals surface area contributed by atoms with Crippen molar-refractivity contribution in [1.29, 1.82) is 0 Å². The first kappa shape index (κ1) is 18.5. The topological polar surface area (TPSA) is 82.1 Å². The molecule has 0 radical (unpaired) electrons. The van der Waals surface area contributed by atoms with Crippen molar-refractivity contribution in [3.63, 3.8) is 0 Å². The Morgan fingerprint density at radius 2 is 1.88 bits per heavy atom. The summed E-state index contributed by atoms with van der Waals surface area (Å²) in [7, 11) is 0. The molecule has 2 aliphatic heterocycles. The number of hydrogen-bond acceptors (Lipinski definition) is 5. The summed E-state index contributed by atoms with van der Waals surface area (Å²) in [4.78, 5) is 44.3. The van der Waals surface area contributed by atoms with Gasteiger partial charge < -0.3 is 4.90 Å². The maximum atomic E-state index is 12.7. The number of benzene rings is 1. The summed E-state index contributed by atoms with van der Waals surface area (Å²) in [6.45, 7) is 3.43. The number of nitrogens with one attached hydrogen (secondary N) is 1. The maximum absolute atomic E-state index is 12.7. The highest BCUT2D eigenvalue weighted by Crippen LogP contribution is 2.28.